The summed E-state index contributed by atoms with van der Waals surface area (Å²) in [5.41, 5.74) is 0.993. The minimum Gasteiger partial charge on any atom is -0.466 e. The molecule has 0 N–H and O–H groups in total. The molecule has 0 aliphatic carbocycles. The summed E-state index contributed by atoms with van der Waals surface area (Å²) in [5, 5.41) is 1.97. The summed E-state index contributed by atoms with van der Waals surface area (Å²) in [5.74, 6) is -0.343. The Bertz CT molecular complexity index is 328. The van der Waals surface area contributed by atoms with Crippen LogP contribution >= 0.6 is 11.3 Å². The first kappa shape index (κ1) is 10.9. The Hall–Kier alpha value is -1.13. The topological polar surface area (TPSA) is 35.5 Å². The second-order valence-corrected chi connectivity index (χ2v) is 3.63. The van der Waals surface area contributed by atoms with Crippen molar-refractivity contribution in [2.75, 3.05) is 14.2 Å². The molecule has 0 saturated carbocycles. The molecule has 0 aromatic carbocycles. The van der Waals surface area contributed by atoms with Crippen molar-refractivity contribution in [3.05, 3.63) is 28.0 Å². The largest absolute Gasteiger partial charge is 0.466 e. The monoisotopic (exact) mass is 212 g/mol. The van der Waals surface area contributed by atoms with Crippen LogP contribution in [0.5, 0.6) is 0 Å². The number of hydrogen-bond donors (Lipinski definition) is 0. The third-order valence-electron chi connectivity index (χ3n) is 1.57. The molecule has 0 aliphatic rings. The van der Waals surface area contributed by atoms with E-state index in [0.717, 1.165) is 10.4 Å². The maximum atomic E-state index is 10.8. The summed E-state index contributed by atoms with van der Waals surface area (Å²) in [4.78, 5) is 11.9. The zero-order valence-corrected chi connectivity index (χ0v) is 8.97. The van der Waals surface area contributed by atoms with Crippen LogP contribution in [0.2, 0.25) is 0 Å². The van der Waals surface area contributed by atoms with E-state index in [1.165, 1.54) is 13.2 Å². The summed E-state index contributed by atoms with van der Waals surface area (Å²) >= 11 is 1.61. The van der Waals surface area contributed by atoms with Crippen molar-refractivity contribution in [2.24, 2.45) is 0 Å². The van der Waals surface area contributed by atoms with Gasteiger partial charge in [-0.1, -0.05) is 0 Å². The molecule has 1 aromatic heterocycles. The predicted octanol–water partition coefficient (Wildman–Crippen LogP) is 2.08. The van der Waals surface area contributed by atoms with Crippen LogP contribution in [0.3, 0.4) is 0 Å². The summed E-state index contributed by atoms with van der Waals surface area (Å²) in [6, 6.07) is 1.98. The van der Waals surface area contributed by atoms with E-state index in [4.69, 9.17) is 4.74 Å². The number of rotatable bonds is 4. The van der Waals surface area contributed by atoms with Gasteiger partial charge in [-0.3, -0.25) is 0 Å². The van der Waals surface area contributed by atoms with Crippen molar-refractivity contribution < 1.29 is 14.3 Å². The van der Waals surface area contributed by atoms with Crippen molar-refractivity contribution in [2.45, 2.75) is 6.61 Å². The van der Waals surface area contributed by atoms with E-state index in [1.807, 2.05) is 11.4 Å². The third kappa shape index (κ3) is 3.32. The molecule has 0 aliphatic heterocycles. The van der Waals surface area contributed by atoms with E-state index in [2.05, 4.69) is 4.74 Å². The quantitative estimate of drug-likeness (QED) is 0.566. The Kier molecular flexibility index (Phi) is 4.35. The number of thiophene rings is 1. The predicted molar refractivity (Wildman–Crippen MR) is 56.1 cm³/mol. The van der Waals surface area contributed by atoms with Gasteiger partial charge in [0.15, 0.2) is 0 Å². The second-order valence-electron chi connectivity index (χ2n) is 2.64. The number of carbonyl (C=O) groups excluding carboxylic acids is 1. The van der Waals surface area contributed by atoms with Crippen LogP contribution in [-0.4, -0.2) is 20.2 Å². The summed E-state index contributed by atoms with van der Waals surface area (Å²) in [6.07, 6.45) is 3.13. The molecule has 14 heavy (non-hydrogen) atoms. The molecule has 1 heterocycles. The van der Waals surface area contributed by atoms with Crippen LogP contribution in [0.15, 0.2) is 17.5 Å². The molecular formula is C10H12O3S. The number of carbonyl (C=O) groups is 1. The van der Waals surface area contributed by atoms with Gasteiger partial charge in [0.1, 0.15) is 0 Å². The van der Waals surface area contributed by atoms with Crippen molar-refractivity contribution in [3.63, 3.8) is 0 Å². The van der Waals surface area contributed by atoms with Crippen molar-refractivity contribution in [1.82, 2.24) is 0 Å². The molecule has 1 rings (SSSR count). The van der Waals surface area contributed by atoms with Gasteiger partial charge in [-0.2, -0.15) is 0 Å². The highest BCUT2D eigenvalue weighted by atomic mass is 32.1. The van der Waals surface area contributed by atoms with E-state index in [1.54, 1.807) is 24.5 Å². The van der Waals surface area contributed by atoms with Gasteiger partial charge in [0.25, 0.3) is 0 Å². The molecule has 0 bridgehead atoms. The summed E-state index contributed by atoms with van der Waals surface area (Å²) < 4.78 is 9.46. The van der Waals surface area contributed by atoms with Gasteiger partial charge in [0.05, 0.1) is 13.7 Å². The highest BCUT2D eigenvalue weighted by Crippen LogP contribution is 2.16. The fourth-order valence-corrected chi connectivity index (χ4v) is 1.76. The average molecular weight is 212 g/mol. The third-order valence-corrected chi connectivity index (χ3v) is 2.50. The molecule has 3 nitrogen and oxygen atoms in total. The minimum atomic E-state index is -0.343. The number of esters is 1. The normalized spacial score (nSPS) is 10.7. The van der Waals surface area contributed by atoms with Gasteiger partial charge in [-0.15, -0.1) is 11.3 Å². The lowest BCUT2D eigenvalue weighted by atomic mass is 10.3. The maximum Gasteiger partial charge on any atom is 0.330 e. The van der Waals surface area contributed by atoms with Gasteiger partial charge in [-0.05, 0) is 23.1 Å². The second kappa shape index (κ2) is 5.57. The molecule has 0 spiro atoms. The Labute approximate surface area is 87.0 Å². The molecule has 0 amide bonds. The fraction of sp³-hybridized carbons (Fsp3) is 0.300. The number of methoxy groups -OCH3 is 2. The molecule has 0 unspecified atom stereocenters. The molecule has 1 aromatic rings. The van der Waals surface area contributed by atoms with Gasteiger partial charge in [-0.25, -0.2) is 4.79 Å². The lowest BCUT2D eigenvalue weighted by Crippen LogP contribution is -1.92. The van der Waals surface area contributed by atoms with E-state index in [0.29, 0.717) is 6.61 Å². The first-order valence-corrected chi connectivity index (χ1v) is 4.96. The molecule has 0 radical (unpaired) electrons. The molecular weight excluding hydrogens is 200 g/mol. The Balaban J connectivity index is 2.59. The van der Waals surface area contributed by atoms with Crippen LogP contribution in [0.25, 0.3) is 6.08 Å². The highest BCUT2D eigenvalue weighted by molar-refractivity contribution is 7.10. The van der Waals surface area contributed by atoms with Crippen molar-refractivity contribution in [1.29, 1.82) is 0 Å². The first-order valence-electron chi connectivity index (χ1n) is 4.08. The van der Waals surface area contributed by atoms with E-state index in [-0.39, 0.29) is 5.97 Å². The van der Waals surface area contributed by atoms with Crippen LogP contribution in [0.1, 0.15) is 10.4 Å². The highest BCUT2D eigenvalue weighted by Gasteiger charge is 1.97. The fourth-order valence-electron chi connectivity index (χ4n) is 0.935. The lowest BCUT2D eigenvalue weighted by molar-refractivity contribution is -0.134. The van der Waals surface area contributed by atoms with Gasteiger partial charge in [0.2, 0.25) is 0 Å². The van der Waals surface area contributed by atoms with Crippen molar-refractivity contribution in [3.8, 4) is 0 Å². The van der Waals surface area contributed by atoms with E-state index < -0.39 is 0 Å². The van der Waals surface area contributed by atoms with Crippen LogP contribution in [-0.2, 0) is 20.9 Å². The SMILES string of the molecule is COCc1cc(C=CC(=O)OC)cs1. The molecule has 0 fully saturated rings. The molecule has 76 valence electrons. The maximum absolute atomic E-state index is 10.8. The van der Waals surface area contributed by atoms with Crippen LogP contribution in [0, 0.1) is 0 Å². The summed E-state index contributed by atoms with van der Waals surface area (Å²) in [6.45, 7) is 0.608. The first-order chi connectivity index (χ1) is 6.76. The Morgan fingerprint density at radius 2 is 2.36 bits per heavy atom. The Morgan fingerprint density at radius 3 is 3.00 bits per heavy atom. The zero-order valence-electron chi connectivity index (χ0n) is 8.15. The average Bonchev–Trinajstić information content (AvgIpc) is 2.63. The summed E-state index contributed by atoms with van der Waals surface area (Å²) in [7, 11) is 3.01. The minimum absolute atomic E-state index is 0.343. The van der Waals surface area contributed by atoms with Crippen LogP contribution in [0.4, 0.5) is 0 Å². The standard InChI is InChI=1S/C10H12O3S/c1-12-6-9-5-8(7-14-9)3-4-10(11)13-2/h3-5,7H,6H2,1-2H3. The van der Waals surface area contributed by atoms with Crippen molar-refractivity contribution >= 4 is 23.4 Å². The number of ether oxygens (including phenoxy) is 2. The van der Waals surface area contributed by atoms with E-state index in [9.17, 15) is 4.79 Å². The lowest BCUT2D eigenvalue weighted by Gasteiger charge is -1.90. The molecule has 0 atom stereocenters. The molecule has 4 heteroatoms. The molecule has 0 saturated heterocycles. The smallest absolute Gasteiger partial charge is 0.330 e. The van der Waals surface area contributed by atoms with Gasteiger partial charge in [0, 0.05) is 18.1 Å². The zero-order chi connectivity index (χ0) is 10.4. The Morgan fingerprint density at radius 1 is 1.57 bits per heavy atom. The van der Waals surface area contributed by atoms with E-state index >= 15 is 0 Å². The van der Waals surface area contributed by atoms with Crippen LogP contribution < -0.4 is 0 Å². The van der Waals surface area contributed by atoms with Gasteiger partial charge >= 0.3 is 5.97 Å². The number of hydrogen-bond acceptors (Lipinski definition) is 4. The van der Waals surface area contributed by atoms with Gasteiger partial charge < -0.3 is 9.47 Å².